The van der Waals surface area contributed by atoms with Gasteiger partial charge in [-0.25, -0.2) is 4.98 Å². The van der Waals surface area contributed by atoms with Crippen molar-refractivity contribution in [3.8, 4) is 27.6 Å². The average Bonchev–Trinajstić information content (AvgIpc) is 3.25. The van der Waals surface area contributed by atoms with Crippen LogP contribution in [0.5, 0.6) is 5.75 Å². The fourth-order valence-corrected chi connectivity index (χ4v) is 3.98. The highest BCUT2D eigenvalue weighted by Gasteiger charge is 2.09. The van der Waals surface area contributed by atoms with Gasteiger partial charge in [0.25, 0.3) is 0 Å². The highest BCUT2D eigenvalue weighted by Crippen LogP contribution is 2.30. The Kier molecular flexibility index (Phi) is 6.12. The van der Waals surface area contributed by atoms with Gasteiger partial charge in [0.15, 0.2) is 0 Å². The summed E-state index contributed by atoms with van der Waals surface area (Å²) in [6.07, 6.45) is 0.297. The van der Waals surface area contributed by atoms with E-state index in [-0.39, 0.29) is 5.91 Å². The fraction of sp³-hybridized carbons (Fsp3) is 0.0833. The van der Waals surface area contributed by atoms with Crippen molar-refractivity contribution < 1.29 is 9.53 Å². The Labute approximate surface area is 184 Å². The van der Waals surface area contributed by atoms with Gasteiger partial charge in [-0.1, -0.05) is 48.0 Å². The lowest BCUT2D eigenvalue weighted by Gasteiger charge is -2.07. The van der Waals surface area contributed by atoms with Crippen molar-refractivity contribution in [3.63, 3.8) is 0 Å². The lowest BCUT2D eigenvalue weighted by molar-refractivity contribution is -0.115. The molecule has 1 N–H and O–H groups in total. The Morgan fingerprint density at radius 1 is 1.03 bits per heavy atom. The molecule has 0 spiro atoms. The van der Waals surface area contributed by atoms with Gasteiger partial charge in [0.1, 0.15) is 10.8 Å². The van der Waals surface area contributed by atoms with Gasteiger partial charge in [0, 0.05) is 27.2 Å². The van der Waals surface area contributed by atoms with Crippen LogP contribution in [-0.4, -0.2) is 18.0 Å². The second kappa shape index (κ2) is 9.11. The molecule has 0 radical (unpaired) electrons. The minimum Gasteiger partial charge on any atom is -0.497 e. The van der Waals surface area contributed by atoms with E-state index >= 15 is 0 Å². The molecule has 150 valence electrons. The molecule has 1 aromatic heterocycles. The predicted molar refractivity (Wildman–Crippen MR) is 123 cm³/mol. The maximum Gasteiger partial charge on any atom is 0.228 e. The molecule has 1 heterocycles. The van der Waals surface area contributed by atoms with Gasteiger partial charge in [0.2, 0.25) is 5.91 Å². The van der Waals surface area contributed by atoms with Crippen LogP contribution in [0.4, 0.5) is 5.69 Å². The van der Waals surface area contributed by atoms with Crippen molar-refractivity contribution in [1.29, 1.82) is 0 Å². The lowest BCUT2D eigenvalue weighted by Crippen LogP contribution is -2.14. The number of rotatable bonds is 6. The van der Waals surface area contributed by atoms with Crippen molar-refractivity contribution in [2.75, 3.05) is 12.4 Å². The van der Waals surface area contributed by atoms with Crippen LogP contribution in [-0.2, 0) is 11.2 Å². The smallest absolute Gasteiger partial charge is 0.228 e. The summed E-state index contributed by atoms with van der Waals surface area (Å²) in [4.78, 5) is 17.2. The number of thiazole rings is 1. The van der Waals surface area contributed by atoms with Gasteiger partial charge >= 0.3 is 0 Å². The number of halogens is 1. The molecule has 0 saturated heterocycles. The molecule has 30 heavy (non-hydrogen) atoms. The van der Waals surface area contributed by atoms with E-state index in [2.05, 4.69) is 5.32 Å². The first-order chi connectivity index (χ1) is 14.6. The second-order valence-electron chi connectivity index (χ2n) is 6.70. The standard InChI is InChI=1S/C24H19ClN2O2S/c1-29-21-11-5-16(6-12-21)13-23(28)26-20-4-2-3-18(14-20)22-15-30-24(27-22)17-7-9-19(25)10-8-17/h2-12,14-15H,13H2,1H3,(H,26,28). The monoisotopic (exact) mass is 434 g/mol. The summed E-state index contributed by atoms with van der Waals surface area (Å²) < 4.78 is 5.15. The first-order valence-corrected chi connectivity index (χ1v) is 10.6. The van der Waals surface area contributed by atoms with Crippen LogP contribution >= 0.6 is 22.9 Å². The molecule has 0 unspecified atom stereocenters. The topological polar surface area (TPSA) is 51.2 Å². The summed E-state index contributed by atoms with van der Waals surface area (Å²) >= 11 is 7.54. The van der Waals surface area contributed by atoms with Gasteiger partial charge in [-0.05, 0) is 42.0 Å². The van der Waals surface area contributed by atoms with E-state index in [4.69, 9.17) is 21.3 Å². The third kappa shape index (κ3) is 4.87. The molecule has 0 saturated carbocycles. The van der Waals surface area contributed by atoms with Gasteiger partial charge in [-0.3, -0.25) is 4.79 Å². The summed E-state index contributed by atoms with van der Waals surface area (Å²) in [5.41, 5.74) is 4.52. The molecule has 0 aliphatic rings. The van der Waals surface area contributed by atoms with Crippen LogP contribution in [0.25, 0.3) is 21.8 Å². The molecular formula is C24H19ClN2O2S. The van der Waals surface area contributed by atoms with Crippen LogP contribution in [0.2, 0.25) is 5.02 Å². The minimum atomic E-state index is -0.0718. The van der Waals surface area contributed by atoms with E-state index in [9.17, 15) is 4.79 Å². The minimum absolute atomic E-state index is 0.0718. The van der Waals surface area contributed by atoms with E-state index < -0.39 is 0 Å². The average molecular weight is 435 g/mol. The molecule has 3 aromatic carbocycles. The van der Waals surface area contributed by atoms with Crippen LogP contribution in [0.15, 0.2) is 78.2 Å². The van der Waals surface area contributed by atoms with Gasteiger partial charge < -0.3 is 10.1 Å². The molecule has 1 amide bonds. The second-order valence-corrected chi connectivity index (χ2v) is 7.99. The van der Waals surface area contributed by atoms with Crippen LogP contribution in [0.1, 0.15) is 5.56 Å². The molecule has 0 fully saturated rings. The number of hydrogen-bond acceptors (Lipinski definition) is 4. The normalized spacial score (nSPS) is 10.6. The van der Waals surface area contributed by atoms with E-state index in [0.29, 0.717) is 11.4 Å². The zero-order chi connectivity index (χ0) is 20.9. The van der Waals surface area contributed by atoms with Gasteiger partial charge in [0.05, 0.1) is 19.2 Å². The molecule has 4 rings (SSSR count). The molecule has 0 bridgehead atoms. The zero-order valence-corrected chi connectivity index (χ0v) is 17.8. The summed E-state index contributed by atoms with van der Waals surface area (Å²) in [6.45, 7) is 0. The third-order valence-corrected chi connectivity index (χ3v) is 5.70. The Balaban J connectivity index is 1.46. The predicted octanol–water partition coefficient (Wildman–Crippen LogP) is 6.32. The van der Waals surface area contributed by atoms with Crippen molar-refractivity contribution in [2.45, 2.75) is 6.42 Å². The summed E-state index contributed by atoms with van der Waals surface area (Å²) in [7, 11) is 1.62. The summed E-state index contributed by atoms with van der Waals surface area (Å²) in [5.74, 6) is 0.700. The molecule has 4 aromatic rings. The lowest BCUT2D eigenvalue weighted by atomic mass is 10.1. The number of anilines is 1. The number of methoxy groups -OCH3 is 1. The van der Waals surface area contributed by atoms with Gasteiger partial charge in [-0.2, -0.15) is 0 Å². The number of hydrogen-bond donors (Lipinski definition) is 1. The quantitative estimate of drug-likeness (QED) is 0.386. The van der Waals surface area contributed by atoms with E-state index in [1.54, 1.807) is 18.4 Å². The molecule has 4 nitrogen and oxygen atoms in total. The van der Waals surface area contributed by atoms with E-state index in [0.717, 1.165) is 38.8 Å². The van der Waals surface area contributed by atoms with E-state index in [1.165, 1.54) is 0 Å². The first-order valence-electron chi connectivity index (χ1n) is 9.35. The number of carbonyl (C=O) groups is 1. The van der Waals surface area contributed by atoms with Gasteiger partial charge in [-0.15, -0.1) is 11.3 Å². The first kappa shape index (κ1) is 20.1. The van der Waals surface area contributed by atoms with Crippen LogP contribution < -0.4 is 10.1 Å². The Morgan fingerprint density at radius 2 is 1.80 bits per heavy atom. The van der Waals surface area contributed by atoms with Crippen molar-refractivity contribution in [3.05, 3.63) is 88.8 Å². The molecule has 0 aliphatic heterocycles. The number of benzene rings is 3. The number of nitrogens with one attached hydrogen (secondary N) is 1. The molecule has 0 aliphatic carbocycles. The number of amides is 1. The number of ether oxygens (including phenoxy) is 1. The largest absolute Gasteiger partial charge is 0.497 e. The van der Waals surface area contributed by atoms with Crippen LogP contribution in [0.3, 0.4) is 0 Å². The third-order valence-electron chi connectivity index (χ3n) is 4.56. The Hall–Kier alpha value is -3.15. The number of nitrogens with zero attached hydrogens (tertiary/aromatic N) is 1. The highest BCUT2D eigenvalue weighted by molar-refractivity contribution is 7.13. The maximum absolute atomic E-state index is 12.4. The number of carbonyl (C=O) groups excluding carboxylic acids is 1. The molecule has 0 atom stereocenters. The highest BCUT2D eigenvalue weighted by atomic mass is 35.5. The maximum atomic E-state index is 12.4. The van der Waals surface area contributed by atoms with Crippen LogP contribution in [0, 0.1) is 0 Å². The Bertz CT molecular complexity index is 1150. The summed E-state index contributed by atoms with van der Waals surface area (Å²) in [6, 6.07) is 22.8. The summed E-state index contributed by atoms with van der Waals surface area (Å²) in [5, 5.41) is 6.61. The molecular weight excluding hydrogens is 416 g/mol. The fourth-order valence-electron chi connectivity index (χ4n) is 3.02. The van der Waals surface area contributed by atoms with E-state index in [1.807, 2.05) is 78.2 Å². The van der Waals surface area contributed by atoms with Crippen molar-refractivity contribution in [2.24, 2.45) is 0 Å². The Morgan fingerprint density at radius 3 is 2.53 bits per heavy atom. The van der Waals surface area contributed by atoms with Crippen molar-refractivity contribution in [1.82, 2.24) is 4.98 Å². The zero-order valence-electron chi connectivity index (χ0n) is 16.3. The molecule has 6 heteroatoms. The number of aromatic nitrogens is 1. The SMILES string of the molecule is COc1ccc(CC(=O)Nc2cccc(-c3csc(-c4ccc(Cl)cc4)n3)c2)cc1. The van der Waals surface area contributed by atoms with Crippen molar-refractivity contribution >= 4 is 34.5 Å².